The highest BCUT2D eigenvalue weighted by molar-refractivity contribution is 5.11. The summed E-state index contributed by atoms with van der Waals surface area (Å²) in [4.78, 5) is 0. The molecule has 0 unspecified atom stereocenters. The van der Waals surface area contributed by atoms with Crippen LogP contribution in [0.2, 0.25) is 0 Å². The third-order valence-electron chi connectivity index (χ3n) is 10.4. The summed E-state index contributed by atoms with van der Waals surface area (Å²) in [5.41, 5.74) is 1.09. The van der Waals surface area contributed by atoms with Crippen LogP contribution in [0.4, 0.5) is 0 Å². The first-order chi connectivity index (χ1) is 13.3. The fourth-order valence-corrected chi connectivity index (χ4v) is 8.84. The van der Waals surface area contributed by atoms with E-state index in [4.69, 9.17) is 0 Å². The third-order valence-corrected chi connectivity index (χ3v) is 10.4. The smallest absolute Gasteiger partial charge is 0.0543 e. The van der Waals surface area contributed by atoms with Gasteiger partial charge in [-0.3, -0.25) is 0 Å². The van der Waals surface area contributed by atoms with Gasteiger partial charge in [-0.15, -0.1) is 0 Å². The van der Waals surface area contributed by atoms with E-state index >= 15 is 0 Å². The van der Waals surface area contributed by atoms with E-state index in [0.717, 1.165) is 54.3 Å². The summed E-state index contributed by atoms with van der Waals surface area (Å²) in [5, 5.41) is 10.2. The second-order valence-corrected chi connectivity index (χ2v) is 12.2. The van der Waals surface area contributed by atoms with Crippen molar-refractivity contribution in [3.05, 3.63) is 12.2 Å². The van der Waals surface area contributed by atoms with Gasteiger partial charge in [0.05, 0.1) is 6.10 Å². The lowest BCUT2D eigenvalue weighted by Gasteiger charge is -2.61. The minimum atomic E-state index is -0.0159. The molecule has 0 heterocycles. The lowest BCUT2D eigenvalue weighted by Crippen LogP contribution is -2.54. The molecule has 0 saturated heterocycles. The van der Waals surface area contributed by atoms with Crippen molar-refractivity contribution >= 4 is 0 Å². The topological polar surface area (TPSA) is 20.2 Å². The van der Waals surface area contributed by atoms with E-state index in [1.807, 2.05) is 0 Å². The van der Waals surface area contributed by atoms with Crippen molar-refractivity contribution in [2.24, 2.45) is 52.3 Å². The van der Waals surface area contributed by atoms with Crippen LogP contribution in [0.3, 0.4) is 0 Å². The number of allylic oxidation sites excluding steroid dienone is 2. The predicted molar refractivity (Wildman–Crippen MR) is 119 cm³/mol. The molecule has 0 aromatic rings. The Labute approximate surface area is 174 Å². The lowest BCUT2D eigenvalue weighted by atomic mass is 9.44. The molecule has 4 saturated carbocycles. The Morgan fingerprint density at radius 3 is 2.36 bits per heavy atom. The summed E-state index contributed by atoms with van der Waals surface area (Å²) in [5.74, 6) is 6.05. The fourth-order valence-electron chi connectivity index (χ4n) is 8.84. The molecule has 0 aromatic heterocycles. The first-order valence-corrected chi connectivity index (χ1v) is 12.6. The number of hydrogen-bond donors (Lipinski definition) is 1. The van der Waals surface area contributed by atoms with Crippen LogP contribution in [0.5, 0.6) is 0 Å². The van der Waals surface area contributed by atoms with E-state index in [9.17, 15) is 5.11 Å². The van der Waals surface area contributed by atoms with Gasteiger partial charge in [0.1, 0.15) is 0 Å². The standard InChI is InChI=1S/C27H46O/c1-18(2)7-6-8-19(3)23-11-12-24-22-10-9-20-17-21(28)13-15-26(20,4)25(22)14-16-27(23,24)5/h6,8,18-25,28H,7,9-17H2,1-5H3/t19-,20+,21+,22+,23-,24+,25+,26+,27-/m1/s1. The van der Waals surface area contributed by atoms with E-state index in [1.165, 1.54) is 51.4 Å². The Kier molecular flexibility index (Phi) is 5.80. The van der Waals surface area contributed by atoms with Crippen LogP contribution in [-0.4, -0.2) is 11.2 Å². The number of aliphatic hydroxyl groups excluding tert-OH is 1. The Morgan fingerprint density at radius 1 is 0.893 bits per heavy atom. The fraction of sp³-hybridized carbons (Fsp3) is 0.926. The largest absolute Gasteiger partial charge is 0.393 e. The van der Waals surface area contributed by atoms with E-state index in [1.54, 1.807) is 0 Å². The van der Waals surface area contributed by atoms with Crippen molar-refractivity contribution in [3.63, 3.8) is 0 Å². The molecule has 0 bridgehead atoms. The number of fused-ring (bicyclic) bond motifs is 5. The van der Waals surface area contributed by atoms with Crippen molar-refractivity contribution in [3.8, 4) is 0 Å². The SMILES string of the molecule is CC(C)CC=C[C@@H](C)[C@H]1CC[C@H]2[C@@H]3CC[C@H]4C[C@@H](O)CC[C@]4(C)[C@H]3CC[C@]12C. The summed E-state index contributed by atoms with van der Waals surface area (Å²) in [6.07, 6.45) is 18.3. The molecule has 0 amide bonds. The molecule has 1 heteroatoms. The average Bonchev–Trinajstić information content (AvgIpc) is 2.99. The molecule has 4 fully saturated rings. The van der Waals surface area contributed by atoms with Gasteiger partial charge in [0.15, 0.2) is 0 Å². The monoisotopic (exact) mass is 386 g/mol. The van der Waals surface area contributed by atoms with Gasteiger partial charge in [-0.2, -0.15) is 0 Å². The maximum atomic E-state index is 10.2. The van der Waals surface area contributed by atoms with E-state index < -0.39 is 0 Å². The molecule has 4 aliphatic carbocycles. The lowest BCUT2D eigenvalue weighted by molar-refractivity contribution is -0.128. The van der Waals surface area contributed by atoms with Gasteiger partial charge in [-0.05, 0) is 116 Å². The minimum Gasteiger partial charge on any atom is -0.393 e. The Bertz CT molecular complexity index is 579. The molecular weight excluding hydrogens is 340 g/mol. The van der Waals surface area contributed by atoms with Crippen LogP contribution < -0.4 is 0 Å². The predicted octanol–water partition coefficient (Wildman–Crippen LogP) is 7.24. The molecule has 4 rings (SSSR count). The third kappa shape index (κ3) is 3.42. The van der Waals surface area contributed by atoms with Gasteiger partial charge in [0, 0.05) is 0 Å². The van der Waals surface area contributed by atoms with Gasteiger partial charge in [0.2, 0.25) is 0 Å². The first kappa shape index (κ1) is 21.0. The quantitative estimate of drug-likeness (QED) is 0.505. The summed E-state index contributed by atoms with van der Waals surface area (Å²) in [6.45, 7) is 12.4. The molecule has 160 valence electrons. The molecular formula is C27H46O. The summed E-state index contributed by atoms with van der Waals surface area (Å²) in [7, 11) is 0. The van der Waals surface area contributed by atoms with Crippen LogP contribution in [0.1, 0.15) is 98.8 Å². The minimum absolute atomic E-state index is 0.0159. The normalized spacial score (nSPS) is 49.7. The molecule has 9 atom stereocenters. The van der Waals surface area contributed by atoms with Gasteiger partial charge < -0.3 is 5.11 Å². The maximum absolute atomic E-state index is 10.2. The first-order valence-electron chi connectivity index (χ1n) is 12.6. The van der Waals surface area contributed by atoms with Gasteiger partial charge >= 0.3 is 0 Å². The highest BCUT2D eigenvalue weighted by atomic mass is 16.3. The van der Waals surface area contributed by atoms with E-state index in [2.05, 4.69) is 46.8 Å². The molecule has 28 heavy (non-hydrogen) atoms. The number of hydrogen-bond acceptors (Lipinski definition) is 1. The summed E-state index contributed by atoms with van der Waals surface area (Å²) < 4.78 is 0. The van der Waals surface area contributed by atoms with E-state index in [-0.39, 0.29) is 6.10 Å². The van der Waals surface area contributed by atoms with Crippen LogP contribution >= 0.6 is 0 Å². The molecule has 1 nitrogen and oxygen atoms in total. The number of aliphatic hydroxyl groups is 1. The molecule has 1 N–H and O–H groups in total. The Balaban J connectivity index is 1.50. The maximum Gasteiger partial charge on any atom is 0.0543 e. The summed E-state index contributed by atoms with van der Waals surface area (Å²) in [6, 6.07) is 0. The second kappa shape index (κ2) is 7.75. The summed E-state index contributed by atoms with van der Waals surface area (Å²) >= 11 is 0. The van der Waals surface area contributed by atoms with Crippen molar-refractivity contribution < 1.29 is 5.11 Å². The highest BCUT2D eigenvalue weighted by Crippen LogP contribution is 2.68. The van der Waals surface area contributed by atoms with Crippen LogP contribution in [0, 0.1) is 52.3 Å². The molecule has 0 aromatic carbocycles. The zero-order chi connectivity index (χ0) is 20.1. The van der Waals surface area contributed by atoms with Gasteiger partial charge in [-0.25, -0.2) is 0 Å². The average molecular weight is 387 g/mol. The van der Waals surface area contributed by atoms with Crippen molar-refractivity contribution in [1.82, 2.24) is 0 Å². The zero-order valence-electron chi connectivity index (χ0n) is 19.3. The van der Waals surface area contributed by atoms with Crippen LogP contribution in [0.15, 0.2) is 12.2 Å². The van der Waals surface area contributed by atoms with Gasteiger partial charge in [-0.1, -0.05) is 46.8 Å². The highest BCUT2D eigenvalue weighted by Gasteiger charge is 2.60. The molecule has 0 aliphatic heterocycles. The number of rotatable bonds is 4. The van der Waals surface area contributed by atoms with Crippen molar-refractivity contribution in [1.29, 1.82) is 0 Å². The van der Waals surface area contributed by atoms with Gasteiger partial charge in [0.25, 0.3) is 0 Å². The van der Waals surface area contributed by atoms with Crippen LogP contribution in [0.25, 0.3) is 0 Å². The Hall–Kier alpha value is -0.300. The van der Waals surface area contributed by atoms with Crippen molar-refractivity contribution in [2.75, 3.05) is 0 Å². The zero-order valence-corrected chi connectivity index (χ0v) is 19.3. The van der Waals surface area contributed by atoms with Crippen LogP contribution in [-0.2, 0) is 0 Å². The van der Waals surface area contributed by atoms with E-state index in [0.29, 0.717) is 10.8 Å². The Morgan fingerprint density at radius 2 is 1.61 bits per heavy atom. The van der Waals surface area contributed by atoms with Crippen molar-refractivity contribution in [2.45, 2.75) is 105 Å². The molecule has 4 aliphatic rings. The molecule has 0 spiro atoms. The second-order valence-electron chi connectivity index (χ2n) is 12.2. The molecule has 0 radical (unpaired) electrons.